The molecule has 1 unspecified atom stereocenters. The molecular formula is C7H13N3OS2. The first kappa shape index (κ1) is 10.6. The maximum absolute atomic E-state index is 11.2. The number of hydrogen-bond donors (Lipinski definition) is 1. The Kier molecular flexibility index (Phi) is 3.80. The standard InChI is InChI=1S/C7H13N3OS2/c1-3-13(11)5-4-10-6(2)8-9-7(10)12/h3-5H2,1-2H3,(H,9,12). The van der Waals surface area contributed by atoms with Crippen LogP contribution in [0.2, 0.25) is 0 Å². The van der Waals surface area contributed by atoms with Crippen LogP contribution in [0, 0.1) is 11.7 Å². The van der Waals surface area contributed by atoms with Gasteiger partial charge >= 0.3 is 0 Å². The van der Waals surface area contributed by atoms with Crippen LogP contribution in [0.3, 0.4) is 0 Å². The zero-order chi connectivity index (χ0) is 9.84. The summed E-state index contributed by atoms with van der Waals surface area (Å²) < 4.78 is 13.6. The summed E-state index contributed by atoms with van der Waals surface area (Å²) in [7, 11) is -0.737. The zero-order valence-corrected chi connectivity index (χ0v) is 9.37. The molecule has 1 aromatic rings. The predicted octanol–water partition coefficient (Wildman–Crippen LogP) is 1.02. The van der Waals surface area contributed by atoms with Gasteiger partial charge in [-0.05, 0) is 19.1 Å². The molecule has 0 saturated carbocycles. The number of aromatic nitrogens is 3. The summed E-state index contributed by atoms with van der Waals surface area (Å²) in [6, 6.07) is 0. The van der Waals surface area contributed by atoms with Crippen LogP contribution >= 0.6 is 12.2 Å². The number of hydrogen-bond acceptors (Lipinski definition) is 3. The summed E-state index contributed by atoms with van der Waals surface area (Å²) in [4.78, 5) is 0. The fourth-order valence-electron chi connectivity index (χ4n) is 0.997. The summed E-state index contributed by atoms with van der Waals surface area (Å²) in [5.41, 5.74) is 0. The Labute approximate surface area is 84.8 Å². The average molecular weight is 219 g/mol. The van der Waals surface area contributed by atoms with E-state index in [1.165, 1.54) is 0 Å². The number of nitrogens with zero attached hydrogens (tertiary/aromatic N) is 2. The van der Waals surface area contributed by atoms with Crippen LogP contribution in [0.25, 0.3) is 0 Å². The van der Waals surface area contributed by atoms with E-state index in [0.29, 0.717) is 22.8 Å². The van der Waals surface area contributed by atoms with Crippen molar-refractivity contribution in [3.63, 3.8) is 0 Å². The molecule has 1 heterocycles. The van der Waals surface area contributed by atoms with Crippen LogP contribution in [0.15, 0.2) is 0 Å². The van der Waals surface area contributed by atoms with Gasteiger partial charge in [0.25, 0.3) is 0 Å². The highest BCUT2D eigenvalue weighted by molar-refractivity contribution is 7.84. The van der Waals surface area contributed by atoms with Crippen molar-refractivity contribution in [3.05, 3.63) is 10.6 Å². The molecule has 1 N–H and O–H groups in total. The van der Waals surface area contributed by atoms with Crippen LogP contribution in [0.1, 0.15) is 12.7 Å². The van der Waals surface area contributed by atoms with Gasteiger partial charge in [0, 0.05) is 28.9 Å². The first-order valence-corrected chi connectivity index (χ1v) is 6.01. The topological polar surface area (TPSA) is 50.7 Å². The number of aryl methyl sites for hydroxylation is 1. The van der Waals surface area contributed by atoms with Gasteiger partial charge in [0.15, 0.2) is 4.77 Å². The number of rotatable bonds is 4. The molecule has 1 rings (SSSR count). The average Bonchev–Trinajstić information content (AvgIpc) is 2.43. The second-order valence-electron chi connectivity index (χ2n) is 2.66. The SMILES string of the molecule is CCS(=O)CCn1c(C)n[nH]c1=S. The lowest BCUT2D eigenvalue weighted by Crippen LogP contribution is -2.10. The molecule has 0 aliphatic heterocycles. The molecule has 1 atom stereocenters. The Bertz CT molecular complexity index is 355. The normalized spacial score (nSPS) is 13.1. The van der Waals surface area contributed by atoms with E-state index in [4.69, 9.17) is 12.2 Å². The fourth-order valence-corrected chi connectivity index (χ4v) is 1.94. The lowest BCUT2D eigenvalue weighted by molar-refractivity contribution is 0.668. The van der Waals surface area contributed by atoms with Crippen molar-refractivity contribution in [2.45, 2.75) is 20.4 Å². The minimum atomic E-state index is -0.737. The van der Waals surface area contributed by atoms with E-state index in [-0.39, 0.29) is 0 Å². The third kappa shape index (κ3) is 2.73. The van der Waals surface area contributed by atoms with Crippen LogP contribution in [-0.4, -0.2) is 30.5 Å². The molecule has 1 aromatic heterocycles. The van der Waals surface area contributed by atoms with Crippen molar-refractivity contribution >= 4 is 23.0 Å². The summed E-state index contributed by atoms with van der Waals surface area (Å²) in [6.45, 7) is 4.47. The maximum atomic E-state index is 11.2. The Balaban J connectivity index is 2.64. The highest BCUT2D eigenvalue weighted by Gasteiger charge is 2.02. The van der Waals surface area contributed by atoms with Gasteiger partial charge in [-0.2, -0.15) is 5.10 Å². The molecule has 74 valence electrons. The summed E-state index contributed by atoms with van der Waals surface area (Å²) in [5, 5.41) is 6.66. The third-order valence-corrected chi connectivity index (χ3v) is 3.41. The van der Waals surface area contributed by atoms with Crippen LogP contribution in [0.4, 0.5) is 0 Å². The second kappa shape index (κ2) is 4.66. The Morgan fingerprint density at radius 3 is 2.85 bits per heavy atom. The molecule has 0 aliphatic carbocycles. The predicted molar refractivity (Wildman–Crippen MR) is 55.7 cm³/mol. The highest BCUT2D eigenvalue weighted by Crippen LogP contribution is 1.96. The van der Waals surface area contributed by atoms with Crippen molar-refractivity contribution in [1.29, 1.82) is 0 Å². The zero-order valence-electron chi connectivity index (χ0n) is 7.74. The van der Waals surface area contributed by atoms with Crippen molar-refractivity contribution in [1.82, 2.24) is 14.8 Å². The number of nitrogens with one attached hydrogen (secondary N) is 1. The summed E-state index contributed by atoms with van der Waals surface area (Å²) >= 11 is 5.01. The first-order valence-electron chi connectivity index (χ1n) is 4.12. The molecular weight excluding hydrogens is 206 g/mol. The molecule has 13 heavy (non-hydrogen) atoms. The van der Waals surface area contributed by atoms with E-state index in [1.54, 1.807) is 0 Å². The lowest BCUT2D eigenvalue weighted by atomic mass is 10.6. The van der Waals surface area contributed by atoms with Gasteiger partial charge < -0.3 is 4.57 Å². The van der Waals surface area contributed by atoms with Crippen LogP contribution in [-0.2, 0) is 17.3 Å². The Morgan fingerprint density at radius 2 is 2.38 bits per heavy atom. The van der Waals surface area contributed by atoms with E-state index < -0.39 is 10.8 Å². The van der Waals surface area contributed by atoms with Gasteiger partial charge in [0.2, 0.25) is 0 Å². The summed E-state index contributed by atoms with van der Waals surface area (Å²) in [5.74, 6) is 2.19. The van der Waals surface area contributed by atoms with Crippen molar-refractivity contribution in [2.24, 2.45) is 0 Å². The van der Waals surface area contributed by atoms with E-state index in [9.17, 15) is 4.21 Å². The van der Waals surface area contributed by atoms with E-state index >= 15 is 0 Å². The smallest absolute Gasteiger partial charge is 0.195 e. The minimum Gasteiger partial charge on any atom is -0.303 e. The van der Waals surface area contributed by atoms with E-state index in [2.05, 4.69) is 10.2 Å². The first-order chi connectivity index (χ1) is 6.15. The molecule has 0 saturated heterocycles. The van der Waals surface area contributed by atoms with Gasteiger partial charge in [-0.25, -0.2) is 0 Å². The largest absolute Gasteiger partial charge is 0.303 e. The fraction of sp³-hybridized carbons (Fsp3) is 0.714. The minimum absolute atomic E-state index is 0.602. The van der Waals surface area contributed by atoms with E-state index in [1.807, 2.05) is 18.4 Å². The lowest BCUT2D eigenvalue weighted by Gasteiger charge is -2.02. The number of aromatic amines is 1. The Hall–Kier alpha value is -0.490. The van der Waals surface area contributed by atoms with Gasteiger partial charge in [-0.15, -0.1) is 0 Å². The summed E-state index contributed by atoms with van der Waals surface area (Å²) in [6.07, 6.45) is 0. The van der Waals surface area contributed by atoms with Crippen molar-refractivity contribution < 1.29 is 4.21 Å². The molecule has 0 radical (unpaired) electrons. The monoisotopic (exact) mass is 219 g/mol. The molecule has 0 amide bonds. The van der Waals surface area contributed by atoms with Gasteiger partial charge in [-0.3, -0.25) is 9.31 Å². The van der Waals surface area contributed by atoms with Gasteiger partial charge in [0.1, 0.15) is 5.82 Å². The molecule has 6 heteroatoms. The van der Waals surface area contributed by atoms with Crippen molar-refractivity contribution in [3.8, 4) is 0 Å². The third-order valence-electron chi connectivity index (χ3n) is 1.81. The maximum Gasteiger partial charge on any atom is 0.195 e. The molecule has 0 aromatic carbocycles. The quantitative estimate of drug-likeness (QED) is 0.769. The molecule has 0 spiro atoms. The van der Waals surface area contributed by atoms with Crippen molar-refractivity contribution in [2.75, 3.05) is 11.5 Å². The van der Waals surface area contributed by atoms with Gasteiger partial charge in [-0.1, -0.05) is 6.92 Å². The second-order valence-corrected chi connectivity index (χ2v) is 4.91. The highest BCUT2D eigenvalue weighted by atomic mass is 32.2. The van der Waals surface area contributed by atoms with Crippen LogP contribution < -0.4 is 0 Å². The molecule has 0 fully saturated rings. The molecule has 0 bridgehead atoms. The van der Waals surface area contributed by atoms with E-state index in [0.717, 1.165) is 5.82 Å². The number of H-pyrrole nitrogens is 1. The van der Waals surface area contributed by atoms with Crippen LogP contribution in [0.5, 0.6) is 0 Å². The molecule has 0 aliphatic rings. The Morgan fingerprint density at radius 1 is 1.69 bits per heavy atom. The van der Waals surface area contributed by atoms with Gasteiger partial charge in [0.05, 0.1) is 0 Å². The molecule has 4 nitrogen and oxygen atoms in total.